The van der Waals surface area contributed by atoms with Crippen LogP contribution in [-0.2, 0) is 27.2 Å². The third-order valence-electron chi connectivity index (χ3n) is 5.74. The Kier molecular flexibility index (Phi) is 9.75. The highest BCUT2D eigenvalue weighted by molar-refractivity contribution is 5.88. The Bertz CT molecular complexity index is 917. The monoisotopic (exact) mass is 473 g/mol. The minimum absolute atomic E-state index is 0.205. The summed E-state index contributed by atoms with van der Waals surface area (Å²) < 4.78 is 22.3. The summed E-state index contributed by atoms with van der Waals surface area (Å²) >= 11 is 0. The van der Waals surface area contributed by atoms with Crippen molar-refractivity contribution < 1.29 is 28.2 Å². The van der Waals surface area contributed by atoms with Crippen molar-refractivity contribution in [2.75, 3.05) is 31.7 Å². The lowest BCUT2D eigenvalue weighted by atomic mass is 10.0. The van der Waals surface area contributed by atoms with Crippen molar-refractivity contribution in [1.29, 1.82) is 0 Å². The maximum absolute atomic E-state index is 12.5. The zero-order valence-corrected chi connectivity index (χ0v) is 20.2. The highest BCUT2D eigenvalue weighted by Crippen LogP contribution is 2.25. The van der Waals surface area contributed by atoms with E-state index in [4.69, 9.17) is 18.6 Å². The third kappa shape index (κ3) is 6.96. The molecular weight excluding hydrogens is 438 g/mol. The molecule has 1 aliphatic rings. The lowest BCUT2D eigenvalue weighted by Crippen LogP contribution is -2.55. The molecule has 2 aromatic rings. The van der Waals surface area contributed by atoms with Crippen molar-refractivity contribution >= 4 is 18.1 Å². The van der Waals surface area contributed by atoms with Crippen molar-refractivity contribution in [1.82, 2.24) is 10.3 Å². The number of hydrogen-bond donors (Lipinski definition) is 1. The van der Waals surface area contributed by atoms with Crippen molar-refractivity contribution in [3.05, 3.63) is 47.3 Å². The average molecular weight is 474 g/mol. The number of carbonyl (C=O) groups excluding carboxylic acids is 2. The molecule has 9 heteroatoms. The van der Waals surface area contributed by atoms with E-state index in [-0.39, 0.29) is 24.4 Å². The Morgan fingerprint density at radius 1 is 1.18 bits per heavy atom. The zero-order chi connectivity index (χ0) is 24.3. The van der Waals surface area contributed by atoms with Gasteiger partial charge in [0.25, 0.3) is 6.01 Å². The number of unbranched alkanes of at least 4 members (excludes halogenated alkanes) is 1. The number of anilines is 1. The summed E-state index contributed by atoms with van der Waals surface area (Å²) in [6.45, 7) is 5.67. The first kappa shape index (κ1) is 25.6. The lowest BCUT2D eigenvalue weighted by molar-refractivity contribution is 0.0490. The molecule has 1 aliphatic heterocycles. The van der Waals surface area contributed by atoms with Gasteiger partial charge >= 0.3 is 12.1 Å². The topological polar surface area (TPSA) is 103 Å². The molecule has 0 aliphatic carbocycles. The number of rotatable bonds is 11. The molecule has 186 valence electrons. The van der Waals surface area contributed by atoms with Crippen LogP contribution < -0.4 is 10.2 Å². The number of aryl methyl sites for hydroxylation is 1. The minimum Gasteiger partial charge on any atom is -0.461 e. The van der Waals surface area contributed by atoms with Crippen LogP contribution in [0.15, 0.2) is 34.7 Å². The summed E-state index contributed by atoms with van der Waals surface area (Å²) in [7, 11) is 1.60. The van der Waals surface area contributed by atoms with E-state index in [9.17, 15) is 9.59 Å². The van der Waals surface area contributed by atoms with E-state index < -0.39 is 12.1 Å². The van der Waals surface area contributed by atoms with Gasteiger partial charge in [0, 0.05) is 20.1 Å². The number of nitrogens with zero attached hydrogens (tertiary/aromatic N) is 2. The maximum Gasteiger partial charge on any atom is 0.407 e. The normalized spacial score (nSPS) is 17.9. The molecule has 3 rings (SSSR count). The van der Waals surface area contributed by atoms with Gasteiger partial charge in [0.05, 0.1) is 25.3 Å². The van der Waals surface area contributed by atoms with Gasteiger partial charge in [-0.2, -0.15) is 4.98 Å². The summed E-state index contributed by atoms with van der Waals surface area (Å²) in [6, 6.07) is 9.68. The van der Waals surface area contributed by atoms with E-state index in [0.717, 1.165) is 24.8 Å². The van der Waals surface area contributed by atoms with Gasteiger partial charge in [0.1, 0.15) is 12.4 Å². The number of oxazole rings is 1. The van der Waals surface area contributed by atoms with Crippen LogP contribution in [0, 0.1) is 0 Å². The van der Waals surface area contributed by atoms with Gasteiger partial charge in [-0.3, -0.25) is 0 Å². The fourth-order valence-corrected chi connectivity index (χ4v) is 3.82. The second-order valence-corrected chi connectivity index (χ2v) is 8.33. The predicted octanol–water partition coefficient (Wildman–Crippen LogP) is 4.10. The Labute approximate surface area is 200 Å². The second kappa shape index (κ2) is 13.0. The van der Waals surface area contributed by atoms with Gasteiger partial charge in [-0.15, -0.1) is 0 Å². The number of hydrogen-bond acceptors (Lipinski definition) is 8. The molecule has 0 bridgehead atoms. The van der Waals surface area contributed by atoms with E-state index in [0.29, 0.717) is 44.3 Å². The van der Waals surface area contributed by atoms with Crippen molar-refractivity contribution in [3.8, 4) is 0 Å². The van der Waals surface area contributed by atoms with E-state index in [2.05, 4.69) is 10.3 Å². The van der Waals surface area contributed by atoms with Crippen LogP contribution in [-0.4, -0.2) is 56.0 Å². The van der Waals surface area contributed by atoms with E-state index >= 15 is 0 Å². The van der Waals surface area contributed by atoms with E-state index in [1.54, 1.807) is 7.11 Å². The van der Waals surface area contributed by atoms with Crippen molar-refractivity contribution in [2.45, 2.75) is 64.7 Å². The fraction of sp³-hybridized carbons (Fsp3) is 0.560. The smallest absolute Gasteiger partial charge is 0.407 e. The molecular formula is C25H35N3O6. The number of methoxy groups -OCH3 is 1. The molecule has 1 fully saturated rings. The molecule has 9 nitrogen and oxygen atoms in total. The molecule has 1 saturated heterocycles. The quantitative estimate of drug-likeness (QED) is 0.384. The van der Waals surface area contributed by atoms with Crippen LogP contribution in [0.1, 0.15) is 61.3 Å². The standard InChI is InChI=1S/C25H35N3O6/c1-4-6-15-32-23(29)22-20(10-5-2)34-24(27-22)28-14-13-19(21(16-28)31-3)26-25(30)33-17-18-11-8-7-9-12-18/h7-9,11-12,19,21H,4-6,10,13-17H2,1-3H3,(H,26,30)/t19-,21+/m0/s1. The Balaban J connectivity index is 1.59. The number of aromatic nitrogens is 1. The van der Waals surface area contributed by atoms with Crippen molar-refractivity contribution in [3.63, 3.8) is 0 Å². The molecule has 1 N–H and O–H groups in total. The van der Waals surface area contributed by atoms with Gasteiger partial charge in [-0.25, -0.2) is 9.59 Å². The molecule has 0 unspecified atom stereocenters. The average Bonchev–Trinajstić information content (AvgIpc) is 3.28. The van der Waals surface area contributed by atoms with E-state index in [1.165, 1.54) is 0 Å². The largest absolute Gasteiger partial charge is 0.461 e. The highest BCUT2D eigenvalue weighted by atomic mass is 16.5. The first-order valence-corrected chi connectivity index (χ1v) is 12.0. The van der Waals surface area contributed by atoms with Crippen LogP contribution in [0.25, 0.3) is 0 Å². The Morgan fingerprint density at radius 3 is 2.68 bits per heavy atom. The number of esters is 1. The summed E-state index contributed by atoms with van der Waals surface area (Å²) in [5.41, 5.74) is 1.17. The Hall–Kier alpha value is -3.07. The fourth-order valence-electron chi connectivity index (χ4n) is 3.82. The first-order chi connectivity index (χ1) is 16.5. The second-order valence-electron chi connectivity index (χ2n) is 8.33. The predicted molar refractivity (Wildman–Crippen MR) is 127 cm³/mol. The van der Waals surface area contributed by atoms with Gasteiger partial charge in [0.15, 0.2) is 5.69 Å². The zero-order valence-electron chi connectivity index (χ0n) is 20.2. The maximum atomic E-state index is 12.5. The SMILES string of the molecule is CCCCOC(=O)c1nc(N2CC[C@H](NC(=O)OCc3ccccc3)[C@H](OC)C2)oc1CCC. The molecule has 0 spiro atoms. The van der Waals surface area contributed by atoms with Gasteiger partial charge in [-0.05, 0) is 24.8 Å². The van der Waals surface area contributed by atoms with Gasteiger partial charge in [-0.1, -0.05) is 50.6 Å². The molecule has 1 aromatic carbocycles. The number of carbonyl (C=O) groups is 2. The number of piperidine rings is 1. The van der Waals surface area contributed by atoms with Crippen LogP contribution >= 0.6 is 0 Å². The summed E-state index contributed by atoms with van der Waals surface area (Å²) in [6.07, 6.45) is 3.01. The number of alkyl carbamates (subject to hydrolysis) is 1. The third-order valence-corrected chi connectivity index (χ3v) is 5.74. The summed E-state index contributed by atoms with van der Waals surface area (Å²) in [5, 5.41) is 2.91. The summed E-state index contributed by atoms with van der Waals surface area (Å²) in [5.74, 6) is 0.0885. The lowest BCUT2D eigenvalue weighted by Gasteiger charge is -2.37. The number of amides is 1. The van der Waals surface area contributed by atoms with Crippen LogP contribution in [0.3, 0.4) is 0 Å². The summed E-state index contributed by atoms with van der Waals surface area (Å²) in [4.78, 5) is 31.2. The van der Waals surface area contributed by atoms with Crippen LogP contribution in [0.4, 0.5) is 10.8 Å². The Morgan fingerprint density at radius 2 is 1.97 bits per heavy atom. The van der Waals surface area contributed by atoms with Gasteiger partial charge in [0.2, 0.25) is 0 Å². The number of benzene rings is 1. The molecule has 0 saturated carbocycles. The highest BCUT2D eigenvalue weighted by Gasteiger charge is 2.34. The first-order valence-electron chi connectivity index (χ1n) is 12.0. The minimum atomic E-state index is -0.484. The number of ether oxygens (including phenoxy) is 3. The molecule has 1 amide bonds. The van der Waals surface area contributed by atoms with Crippen molar-refractivity contribution in [2.24, 2.45) is 0 Å². The van der Waals surface area contributed by atoms with E-state index in [1.807, 2.05) is 49.1 Å². The van der Waals surface area contributed by atoms with Crippen LogP contribution in [0.2, 0.25) is 0 Å². The van der Waals surface area contributed by atoms with Crippen LogP contribution in [0.5, 0.6) is 0 Å². The molecule has 1 aromatic heterocycles. The molecule has 2 atom stereocenters. The molecule has 0 radical (unpaired) electrons. The van der Waals surface area contributed by atoms with Gasteiger partial charge < -0.3 is 28.8 Å². The molecule has 34 heavy (non-hydrogen) atoms. The molecule has 2 heterocycles. The number of nitrogens with one attached hydrogen (secondary N) is 1.